The Morgan fingerprint density at radius 1 is 0.579 bits per heavy atom. The van der Waals surface area contributed by atoms with Gasteiger partial charge >= 0.3 is 0 Å². The Balaban J connectivity index is 2.95. The molecule has 0 aliphatic carbocycles. The van der Waals surface area contributed by atoms with Crippen molar-refractivity contribution >= 4 is 6.29 Å². The van der Waals surface area contributed by atoms with Crippen molar-refractivity contribution in [3.8, 4) is 0 Å². The predicted octanol–water partition coefficient (Wildman–Crippen LogP) is 6.22. The van der Waals surface area contributed by atoms with Crippen molar-refractivity contribution in [3.63, 3.8) is 0 Å². The third-order valence-electron chi connectivity index (χ3n) is 3.60. The van der Waals surface area contributed by atoms with Gasteiger partial charge in [0.1, 0.15) is 6.29 Å². The van der Waals surface area contributed by atoms with E-state index in [4.69, 9.17) is 0 Å². The minimum atomic E-state index is 0.757. The Labute approximate surface area is 120 Å². The van der Waals surface area contributed by atoms with Gasteiger partial charge in [0.05, 0.1) is 0 Å². The smallest absolute Gasteiger partial charge is 0.119 e. The van der Waals surface area contributed by atoms with E-state index < -0.39 is 0 Å². The second-order valence-corrected chi connectivity index (χ2v) is 5.51. The highest BCUT2D eigenvalue weighted by Crippen LogP contribution is 2.12. The molecule has 0 aromatic heterocycles. The normalized spacial score (nSPS) is 11.2. The topological polar surface area (TPSA) is 17.1 Å². The summed E-state index contributed by atoms with van der Waals surface area (Å²) in [5, 5.41) is 0. The summed E-state index contributed by atoms with van der Waals surface area (Å²) in [5.74, 6) is 0. The lowest BCUT2D eigenvalue weighted by Crippen LogP contribution is -1.83. The van der Waals surface area contributed by atoms with Crippen LogP contribution in [0.3, 0.4) is 0 Å². The van der Waals surface area contributed by atoms with Gasteiger partial charge in [-0.05, 0) is 25.7 Å². The lowest BCUT2D eigenvalue weighted by atomic mass is 10.0. The molecule has 0 N–H and O–H groups in total. The molecule has 0 spiro atoms. The number of aldehydes is 1. The minimum absolute atomic E-state index is 0.757. The van der Waals surface area contributed by atoms with Gasteiger partial charge in [-0.25, -0.2) is 0 Å². The number of unbranched alkanes of at least 4 members (excludes halogenated alkanes) is 12. The summed E-state index contributed by atoms with van der Waals surface area (Å²) in [7, 11) is 0. The summed E-state index contributed by atoms with van der Waals surface area (Å²) < 4.78 is 0. The first kappa shape index (κ1) is 18.4. The molecule has 0 amide bonds. The van der Waals surface area contributed by atoms with E-state index >= 15 is 0 Å². The van der Waals surface area contributed by atoms with Crippen LogP contribution in [0.5, 0.6) is 0 Å². The standard InChI is InChI=1S/C18H34O/c1-2-3-4-5-6-7-8-9-10-11-12-13-14-15-16-17-18-19/h3-4,18H,2,5-17H2,1H3/b4-3+. The van der Waals surface area contributed by atoms with Crippen LogP contribution in [0.25, 0.3) is 0 Å². The minimum Gasteiger partial charge on any atom is -0.303 e. The molecule has 1 heteroatoms. The highest BCUT2D eigenvalue weighted by Gasteiger charge is 1.93. The molecule has 0 unspecified atom stereocenters. The Bertz CT molecular complexity index is 196. The van der Waals surface area contributed by atoms with Crippen molar-refractivity contribution in [1.29, 1.82) is 0 Å². The fraction of sp³-hybridized carbons (Fsp3) is 0.833. The van der Waals surface area contributed by atoms with Crippen molar-refractivity contribution in [2.75, 3.05) is 0 Å². The molecule has 112 valence electrons. The van der Waals surface area contributed by atoms with E-state index in [-0.39, 0.29) is 0 Å². The van der Waals surface area contributed by atoms with E-state index in [9.17, 15) is 4.79 Å². The molecule has 0 aromatic rings. The van der Waals surface area contributed by atoms with Crippen LogP contribution in [0, 0.1) is 0 Å². The summed E-state index contributed by atoms with van der Waals surface area (Å²) >= 11 is 0. The van der Waals surface area contributed by atoms with Gasteiger partial charge in [0.2, 0.25) is 0 Å². The molecule has 0 bridgehead atoms. The van der Waals surface area contributed by atoms with Crippen molar-refractivity contribution in [3.05, 3.63) is 12.2 Å². The molecule has 0 saturated carbocycles. The van der Waals surface area contributed by atoms with Gasteiger partial charge in [0, 0.05) is 6.42 Å². The van der Waals surface area contributed by atoms with Crippen LogP contribution in [0.4, 0.5) is 0 Å². The Morgan fingerprint density at radius 2 is 1.00 bits per heavy atom. The molecule has 0 rings (SSSR count). The van der Waals surface area contributed by atoms with Crippen LogP contribution in [0.15, 0.2) is 12.2 Å². The summed E-state index contributed by atoms with van der Waals surface area (Å²) in [6.45, 7) is 2.19. The molecular weight excluding hydrogens is 232 g/mol. The van der Waals surface area contributed by atoms with E-state index in [1.807, 2.05) is 0 Å². The molecule has 0 aliphatic rings. The van der Waals surface area contributed by atoms with Crippen LogP contribution >= 0.6 is 0 Å². The summed E-state index contributed by atoms with van der Waals surface area (Å²) in [6, 6.07) is 0. The van der Waals surface area contributed by atoms with E-state index in [0.717, 1.165) is 19.1 Å². The largest absolute Gasteiger partial charge is 0.303 e. The molecule has 0 aliphatic heterocycles. The predicted molar refractivity (Wildman–Crippen MR) is 85.5 cm³/mol. The maximum absolute atomic E-state index is 10.1. The monoisotopic (exact) mass is 266 g/mol. The number of carbonyl (C=O) groups is 1. The van der Waals surface area contributed by atoms with Crippen LogP contribution in [-0.2, 0) is 4.79 Å². The quantitative estimate of drug-likeness (QED) is 0.195. The summed E-state index contributed by atoms with van der Waals surface area (Å²) in [4.78, 5) is 10.1. The Hall–Kier alpha value is -0.590. The lowest BCUT2D eigenvalue weighted by Gasteiger charge is -2.02. The Morgan fingerprint density at radius 3 is 1.42 bits per heavy atom. The van der Waals surface area contributed by atoms with Crippen molar-refractivity contribution < 1.29 is 4.79 Å². The Kier molecular flexibility index (Phi) is 16.9. The zero-order chi connectivity index (χ0) is 14.0. The average Bonchev–Trinajstić information content (AvgIpc) is 2.43. The first-order chi connectivity index (χ1) is 9.41. The van der Waals surface area contributed by atoms with Gasteiger partial charge in [-0.1, -0.05) is 76.9 Å². The van der Waals surface area contributed by atoms with E-state index in [1.54, 1.807) is 0 Å². The van der Waals surface area contributed by atoms with Crippen molar-refractivity contribution in [1.82, 2.24) is 0 Å². The third-order valence-corrected chi connectivity index (χ3v) is 3.60. The molecule has 0 heterocycles. The van der Waals surface area contributed by atoms with Gasteiger partial charge in [-0.3, -0.25) is 0 Å². The highest BCUT2D eigenvalue weighted by molar-refractivity contribution is 5.48. The van der Waals surface area contributed by atoms with Crippen molar-refractivity contribution in [2.24, 2.45) is 0 Å². The summed E-state index contributed by atoms with van der Waals surface area (Å²) in [6.07, 6.45) is 23.7. The summed E-state index contributed by atoms with van der Waals surface area (Å²) in [5.41, 5.74) is 0. The van der Waals surface area contributed by atoms with Gasteiger partial charge in [0.25, 0.3) is 0 Å². The first-order valence-corrected chi connectivity index (χ1v) is 8.50. The first-order valence-electron chi connectivity index (χ1n) is 8.50. The maximum atomic E-state index is 10.1. The molecule has 1 nitrogen and oxygen atoms in total. The number of allylic oxidation sites excluding steroid dienone is 2. The third kappa shape index (κ3) is 17.4. The van der Waals surface area contributed by atoms with E-state index in [2.05, 4.69) is 19.1 Å². The molecule has 0 fully saturated rings. The van der Waals surface area contributed by atoms with E-state index in [1.165, 1.54) is 77.0 Å². The van der Waals surface area contributed by atoms with Gasteiger partial charge in [-0.15, -0.1) is 0 Å². The second-order valence-electron chi connectivity index (χ2n) is 5.51. The number of rotatable bonds is 15. The second kappa shape index (κ2) is 17.4. The molecule has 0 radical (unpaired) electrons. The fourth-order valence-corrected chi connectivity index (χ4v) is 2.37. The molecule has 0 aromatic carbocycles. The zero-order valence-electron chi connectivity index (χ0n) is 13.0. The van der Waals surface area contributed by atoms with Crippen LogP contribution < -0.4 is 0 Å². The lowest BCUT2D eigenvalue weighted by molar-refractivity contribution is -0.107. The number of carbonyl (C=O) groups excluding carboxylic acids is 1. The number of hydrogen-bond donors (Lipinski definition) is 0. The van der Waals surface area contributed by atoms with Crippen LogP contribution in [0.1, 0.15) is 96.8 Å². The van der Waals surface area contributed by atoms with Crippen LogP contribution in [-0.4, -0.2) is 6.29 Å². The highest BCUT2D eigenvalue weighted by atomic mass is 16.1. The maximum Gasteiger partial charge on any atom is 0.119 e. The van der Waals surface area contributed by atoms with Gasteiger partial charge in [-0.2, -0.15) is 0 Å². The SMILES string of the molecule is CC/C=C/CCCCCCCCCCCCCC=O. The fourth-order valence-electron chi connectivity index (χ4n) is 2.37. The molecular formula is C18H34O. The zero-order valence-corrected chi connectivity index (χ0v) is 13.0. The van der Waals surface area contributed by atoms with Crippen molar-refractivity contribution in [2.45, 2.75) is 96.8 Å². The molecule has 19 heavy (non-hydrogen) atoms. The van der Waals surface area contributed by atoms with Gasteiger partial charge in [0.15, 0.2) is 0 Å². The molecule has 0 atom stereocenters. The van der Waals surface area contributed by atoms with E-state index in [0.29, 0.717) is 0 Å². The molecule has 0 saturated heterocycles. The van der Waals surface area contributed by atoms with Crippen LogP contribution in [0.2, 0.25) is 0 Å². The van der Waals surface area contributed by atoms with Gasteiger partial charge < -0.3 is 4.79 Å². The number of hydrogen-bond acceptors (Lipinski definition) is 1. The average molecular weight is 266 g/mol.